The summed E-state index contributed by atoms with van der Waals surface area (Å²) in [7, 11) is 1.57. The van der Waals surface area contributed by atoms with Crippen LogP contribution in [0, 0.1) is 0 Å². The first-order valence-electron chi connectivity index (χ1n) is 2.83. The van der Waals surface area contributed by atoms with E-state index in [0.29, 0.717) is 6.61 Å². The molecule has 0 spiro atoms. The maximum Gasteiger partial charge on any atom is 0.302 e. The highest BCUT2D eigenvalue weighted by Gasteiger charge is 2.02. The van der Waals surface area contributed by atoms with Gasteiger partial charge in [0.15, 0.2) is 17.4 Å². The zero-order chi connectivity index (χ0) is 7.28. The minimum Gasteiger partial charge on any atom is -0.460 e. The normalized spacial score (nSPS) is 11.5. The van der Waals surface area contributed by atoms with E-state index in [2.05, 4.69) is 0 Å². The Balaban J connectivity index is 0. The average molecular weight is 162 g/mol. The van der Waals surface area contributed by atoms with E-state index in [4.69, 9.17) is 9.47 Å². The van der Waals surface area contributed by atoms with Crippen molar-refractivity contribution in [3.8, 4) is 0 Å². The van der Waals surface area contributed by atoms with Gasteiger partial charge in [0.2, 0.25) is 0 Å². The van der Waals surface area contributed by atoms with Crippen LogP contribution >= 0.6 is 0 Å². The van der Waals surface area contributed by atoms with Crippen LogP contribution in [0.2, 0.25) is 0 Å². The Morgan fingerprint density at radius 2 is 2.10 bits per heavy atom. The number of rotatable bonds is 3. The van der Waals surface area contributed by atoms with Gasteiger partial charge in [0.1, 0.15) is 6.10 Å². The summed E-state index contributed by atoms with van der Waals surface area (Å²) < 4.78 is 9.45. The molecule has 0 aliphatic heterocycles. The standard InChI is InChI=1S/C6H12O3.Al.3H/c1-5(4-8-3)9-6(2)7;;;;/h5H,4H2,1-3H3;;;;. The van der Waals surface area contributed by atoms with Gasteiger partial charge in [-0.25, -0.2) is 0 Å². The Hall–Kier alpha value is -0.0375. The van der Waals surface area contributed by atoms with Gasteiger partial charge in [-0.2, -0.15) is 0 Å². The van der Waals surface area contributed by atoms with Crippen LogP contribution in [-0.4, -0.2) is 43.2 Å². The molecule has 10 heavy (non-hydrogen) atoms. The molecule has 0 N–H and O–H groups in total. The van der Waals surface area contributed by atoms with Crippen molar-refractivity contribution in [3.63, 3.8) is 0 Å². The predicted molar refractivity (Wildman–Crippen MR) is 43.0 cm³/mol. The summed E-state index contributed by atoms with van der Waals surface area (Å²) in [5, 5.41) is 0. The van der Waals surface area contributed by atoms with Gasteiger partial charge in [-0.05, 0) is 6.92 Å². The predicted octanol–water partition coefficient (Wildman–Crippen LogP) is -0.599. The van der Waals surface area contributed by atoms with Crippen molar-refractivity contribution in [2.45, 2.75) is 20.0 Å². The van der Waals surface area contributed by atoms with E-state index in [-0.39, 0.29) is 29.4 Å². The summed E-state index contributed by atoms with van der Waals surface area (Å²) in [5.74, 6) is -0.264. The monoisotopic (exact) mass is 162 g/mol. The van der Waals surface area contributed by atoms with Crippen LogP contribution in [0.3, 0.4) is 0 Å². The molecule has 0 heterocycles. The van der Waals surface area contributed by atoms with Gasteiger partial charge in [-0.1, -0.05) is 0 Å². The Bertz CT molecular complexity index is 95.0. The van der Waals surface area contributed by atoms with E-state index in [9.17, 15) is 4.79 Å². The molecule has 0 amide bonds. The molecule has 0 saturated heterocycles. The molecule has 60 valence electrons. The van der Waals surface area contributed by atoms with Gasteiger partial charge < -0.3 is 9.47 Å². The molecule has 0 rings (SSSR count). The van der Waals surface area contributed by atoms with E-state index < -0.39 is 0 Å². The molecule has 1 unspecified atom stereocenters. The molecule has 0 aliphatic rings. The van der Waals surface area contributed by atoms with Gasteiger partial charge in [-0.3, -0.25) is 4.79 Å². The second-order valence-electron chi connectivity index (χ2n) is 1.88. The molecule has 3 nitrogen and oxygen atoms in total. The molecule has 0 aromatic heterocycles. The fourth-order valence-corrected chi connectivity index (χ4v) is 0.552. The first kappa shape index (κ1) is 12.6. The highest BCUT2D eigenvalue weighted by atomic mass is 27.0. The molecular weight excluding hydrogens is 147 g/mol. The minimum absolute atomic E-state index is 0. The molecule has 1 atom stereocenters. The topological polar surface area (TPSA) is 35.5 Å². The van der Waals surface area contributed by atoms with E-state index in [1.165, 1.54) is 6.92 Å². The number of methoxy groups -OCH3 is 1. The van der Waals surface area contributed by atoms with E-state index >= 15 is 0 Å². The number of hydrogen-bond acceptors (Lipinski definition) is 3. The summed E-state index contributed by atoms with van der Waals surface area (Å²) in [4.78, 5) is 10.3. The van der Waals surface area contributed by atoms with Gasteiger partial charge >= 0.3 is 5.97 Å². The minimum atomic E-state index is -0.264. The summed E-state index contributed by atoms with van der Waals surface area (Å²) in [6.07, 6.45) is -0.132. The molecule has 0 aromatic rings. The van der Waals surface area contributed by atoms with Gasteiger partial charge in [0.25, 0.3) is 0 Å². The van der Waals surface area contributed by atoms with Crippen LogP contribution in [0.25, 0.3) is 0 Å². The highest BCUT2D eigenvalue weighted by molar-refractivity contribution is 5.75. The number of esters is 1. The lowest BCUT2D eigenvalue weighted by Crippen LogP contribution is -2.17. The summed E-state index contributed by atoms with van der Waals surface area (Å²) >= 11 is 0. The SMILES string of the molecule is COCC(C)OC(C)=O.[AlH3]. The van der Waals surface area contributed by atoms with Crippen molar-refractivity contribution >= 4 is 23.3 Å². The van der Waals surface area contributed by atoms with Crippen LogP contribution in [-0.2, 0) is 14.3 Å². The van der Waals surface area contributed by atoms with Crippen molar-refractivity contribution in [1.29, 1.82) is 0 Å². The fourth-order valence-electron chi connectivity index (χ4n) is 0.552. The van der Waals surface area contributed by atoms with Crippen molar-refractivity contribution < 1.29 is 14.3 Å². The summed E-state index contributed by atoms with van der Waals surface area (Å²) in [5.41, 5.74) is 0. The number of carbonyl (C=O) groups is 1. The molecule has 0 aromatic carbocycles. The number of ether oxygens (including phenoxy) is 2. The van der Waals surface area contributed by atoms with Crippen molar-refractivity contribution in [3.05, 3.63) is 0 Å². The fraction of sp³-hybridized carbons (Fsp3) is 0.833. The smallest absolute Gasteiger partial charge is 0.302 e. The zero-order valence-electron chi connectivity index (χ0n) is 6.01. The first-order valence-corrected chi connectivity index (χ1v) is 2.83. The Kier molecular flexibility index (Phi) is 8.93. The number of carbonyl (C=O) groups excluding carboxylic acids is 1. The van der Waals surface area contributed by atoms with Crippen LogP contribution < -0.4 is 0 Å². The molecule has 0 saturated carbocycles. The van der Waals surface area contributed by atoms with Crippen LogP contribution in [0.4, 0.5) is 0 Å². The molecule has 4 heteroatoms. The highest BCUT2D eigenvalue weighted by Crippen LogP contribution is 1.90. The third-order valence-corrected chi connectivity index (χ3v) is 0.769. The first-order chi connectivity index (χ1) is 4.16. The Labute approximate surface area is 71.8 Å². The lowest BCUT2D eigenvalue weighted by Gasteiger charge is -2.08. The Morgan fingerprint density at radius 1 is 1.60 bits per heavy atom. The molecular formula is C6H15AlO3. The lowest BCUT2D eigenvalue weighted by atomic mass is 10.4. The van der Waals surface area contributed by atoms with Crippen LogP contribution in [0.5, 0.6) is 0 Å². The maximum absolute atomic E-state index is 10.3. The van der Waals surface area contributed by atoms with Gasteiger partial charge in [0, 0.05) is 14.0 Å². The third kappa shape index (κ3) is 7.96. The largest absolute Gasteiger partial charge is 0.460 e. The van der Waals surface area contributed by atoms with E-state index in [1.807, 2.05) is 0 Å². The zero-order valence-corrected chi connectivity index (χ0v) is 6.01. The molecule has 0 fully saturated rings. The molecule has 0 bridgehead atoms. The third-order valence-electron chi connectivity index (χ3n) is 0.769. The second kappa shape index (κ2) is 7.07. The van der Waals surface area contributed by atoms with Crippen molar-refractivity contribution in [2.24, 2.45) is 0 Å². The molecule has 0 radical (unpaired) electrons. The maximum atomic E-state index is 10.3. The number of hydrogen-bond donors (Lipinski definition) is 0. The van der Waals surface area contributed by atoms with E-state index in [0.717, 1.165) is 0 Å². The van der Waals surface area contributed by atoms with Gasteiger partial charge in [-0.15, -0.1) is 0 Å². The molecule has 0 aliphatic carbocycles. The van der Waals surface area contributed by atoms with Crippen LogP contribution in [0.1, 0.15) is 13.8 Å². The summed E-state index contributed by atoms with van der Waals surface area (Å²) in [6, 6.07) is 0. The van der Waals surface area contributed by atoms with Crippen molar-refractivity contribution in [1.82, 2.24) is 0 Å². The lowest BCUT2D eigenvalue weighted by molar-refractivity contribution is -0.147. The van der Waals surface area contributed by atoms with E-state index in [1.54, 1.807) is 14.0 Å². The van der Waals surface area contributed by atoms with Crippen LogP contribution in [0.15, 0.2) is 0 Å². The Morgan fingerprint density at radius 3 is 2.40 bits per heavy atom. The van der Waals surface area contributed by atoms with Crippen molar-refractivity contribution in [2.75, 3.05) is 13.7 Å². The average Bonchev–Trinajstić information content (AvgIpc) is 1.63. The second-order valence-corrected chi connectivity index (χ2v) is 1.88. The quantitative estimate of drug-likeness (QED) is 0.410. The van der Waals surface area contributed by atoms with Gasteiger partial charge in [0.05, 0.1) is 6.61 Å². The summed E-state index contributed by atoms with van der Waals surface area (Å²) in [6.45, 7) is 3.62.